The van der Waals surface area contributed by atoms with E-state index in [0.717, 1.165) is 0 Å². The van der Waals surface area contributed by atoms with Crippen LogP contribution in [0.2, 0.25) is 5.02 Å². The van der Waals surface area contributed by atoms with Crippen LogP contribution in [0.5, 0.6) is 0 Å². The molecule has 1 aromatic carbocycles. The summed E-state index contributed by atoms with van der Waals surface area (Å²) in [5.41, 5.74) is 8.06. The predicted octanol–water partition coefficient (Wildman–Crippen LogP) is 2.52. The van der Waals surface area contributed by atoms with Crippen molar-refractivity contribution in [3.8, 4) is 0 Å². The summed E-state index contributed by atoms with van der Waals surface area (Å²) in [6.45, 7) is 0.310. The minimum absolute atomic E-state index is 0.0580. The second kappa shape index (κ2) is 5.95. The van der Waals surface area contributed by atoms with Crippen molar-refractivity contribution < 1.29 is 9.18 Å². The molecule has 0 aromatic heterocycles. The van der Waals surface area contributed by atoms with E-state index < -0.39 is 11.7 Å². The van der Waals surface area contributed by atoms with Crippen molar-refractivity contribution in [2.75, 3.05) is 13.1 Å². The SMILES string of the molecule is [N-]=[N+]=NCCNC(=O)c1cccc(F)c1Cl. The molecule has 1 aromatic rings. The van der Waals surface area contributed by atoms with Crippen LogP contribution in [0.4, 0.5) is 4.39 Å². The highest BCUT2D eigenvalue weighted by molar-refractivity contribution is 6.34. The minimum atomic E-state index is -0.649. The Morgan fingerprint density at radius 1 is 1.62 bits per heavy atom. The Morgan fingerprint density at radius 3 is 3.06 bits per heavy atom. The molecule has 1 N–H and O–H groups in total. The number of carbonyl (C=O) groups is 1. The van der Waals surface area contributed by atoms with Crippen LogP contribution in [0.1, 0.15) is 10.4 Å². The van der Waals surface area contributed by atoms with Gasteiger partial charge in [0.1, 0.15) is 5.82 Å². The molecule has 1 rings (SSSR count). The number of azide groups is 1. The van der Waals surface area contributed by atoms with Crippen LogP contribution in [0.3, 0.4) is 0 Å². The van der Waals surface area contributed by atoms with Crippen molar-refractivity contribution in [1.29, 1.82) is 0 Å². The Bertz CT molecular complexity index is 445. The molecule has 0 saturated heterocycles. The predicted molar refractivity (Wildman–Crippen MR) is 57.8 cm³/mol. The van der Waals surface area contributed by atoms with Crippen molar-refractivity contribution in [1.82, 2.24) is 5.32 Å². The quantitative estimate of drug-likeness (QED) is 0.374. The lowest BCUT2D eigenvalue weighted by atomic mass is 10.2. The fraction of sp³-hybridized carbons (Fsp3) is 0.222. The van der Waals surface area contributed by atoms with Gasteiger partial charge < -0.3 is 5.32 Å². The highest BCUT2D eigenvalue weighted by Gasteiger charge is 2.12. The molecule has 0 aliphatic carbocycles. The third-order valence-corrected chi connectivity index (χ3v) is 2.14. The van der Waals surface area contributed by atoms with Crippen molar-refractivity contribution in [2.45, 2.75) is 0 Å². The first-order chi connectivity index (χ1) is 7.66. The average Bonchev–Trinajstić information content (AvgIpc) is 2.28. The van der Waals surface area contributed by atoms with Gasteiger partial charge in [-0.05, 0) is 17.7 Å². The molecule has 0 aliphatic heterocycles. The number of nitrogens with one attached hydrogen (secondary N) is 1. The summed E-state index contributed by atoms with van der Waals surface area (Å²) in [7, 11) is 0. The molecule has 7 heteroatoms. The first-order valence-electron chi connectivity index (χ1n) is 4.40. The lowest BCUT2D eigenvalue weighted by molar-refractivity contribution is 0.0954. The summed E-state index contributed by atoms with van der Waals surface area (Å²) >= 11 is 5.61. The first kappa shape index (κ1) is 12.3. The Labute approximate surface area is 95.8 Å². The molecule has 0 fully saturated rings. The van der Waals surface area contributed by atoms with E-state index in [0.29, 0.717) is 0 Å². The van der Waals surface area contributed by atoms with Crippen molar-refractivity contribution in [3.63, 3.8) is 0 Å². The molecule has 16 heavy (non-hydrogen) atoms. The van der Waals surface area contributed by atoms with Crippen LogP contribution < -0.4 is 5.32 Å². The van der Waals surface area contributed by atoms with Gasteiger partial charge in [-0.15, -0.1) is 0 Å². The van der Waals surface area contributed by atoms with Crippen molar-refractivity contribution >= 4 is 17.5 Å². The average molecular weight is 243 g/mol. The molecule has 0 aliphatic rings. The Morgan fingerprint density at radius 2 is 2.38 bits per heavy atom. The Balaban J connectivity index is 2.66. The monoisotopic (exact) mass is 242 g/mol. The maximum absolute atomic E-state index is 13.0. The summed E-state index contributed by atoms with van der Waals surface area (Å²) in [5, 5.41) is 5.46. The number of hydrogen-bond acceptors (Lipinski definition) is 2. The van der Waals surface area contributed by atoms with E-state index >= 15 is 0 Å². The Hall–Kier alpha value is -1.78. The molecular weight excluding hydrogens is 235 g/mol. The molecule has 0 unspecified atom stereocenters. The molecule has 5 nitrogen and oxygen atoms in total. The van der Waals surface area contributed by atoms with E-state index in [1.807, 2.05) is 0 Å². The molecule has 0 radical (unpaired) electrons. The number of rotatable bonds is 4. The van der Waals surface area contributed by atoms with E-state index in [2.05, 4.69) is 15.3 Å². The molecule has 0 saturated carbocycles. The van der Waals surface area contributed by atoms with Gasteiger partial charge in [0.15, 0.2) is 0 Å². The van der Waals surface area contributed by atoms with Crippen LogP contribution in [0, 0.1) is 5.82 Å². The van der Waals surface area contributed by atoms with Crippen molar-refractivity contribution in [2.24, 2.45) is 5.11 Å². The molecule has 1 amide bonds. The third-order valence-electron chi connectivity index (χ3n) is 1.76. The van der Waals surface area contributed by atoms with Gasteiger partial charge in [-0.2, -0.15) is 0 Å². The zero-order valence-electron chi connectivity index (χ0n) is 8.15. The lowest BCUT2D eigenvalue weighted by Crippen LogP contribution is -2.26. The standard InChI is InChI=1S/C9H8ClFN4O/c10-8-6(2-1-3-7(8)11)9(16)13-4-5-14-15-12/h1-3H,4-5H2,(H,13,16). The van der Waals surface area contributed by atoms with Gasteiger partial charge in [0, 0.05) is 18.0 Å². The summed E-state index contributed by atoms with van der Waals surface area (Å²) in [4.78, 5) is 14.0. The van der Waals surface area contributed by atoms with Gasteiger partial charge in [-0.25, -0.2) is 4.39 Å². The molecule has 0 bridgehead atoms. The van der Waals surface area contributed by atoms with E-state index in [1.54, 1.807) is 0 Å². The number of nitrogens with zero attached hydrogens (tertiary/aromatic N) is 3. The maximum Gasteiger partial charge on any atom is 0.252 e. The number of halogens is 2. The Kier molecular flexibility index (Phi) is 4.57. The summed E-state index contributed by atoms with van der Waals surface area (Å²) in [6, 6.07) is 3.97. The van der Waals surface area contributed by atoms with Crippen molar-refractivity contribution in [3.05, 3.63) is 45.0 Å². The van der Waals surface area contributed by atoms with E-state index in [-0.39, 0.29) is 23.7 Å². The summed E-state index contributed by atoms with van der Waals surface area (Å²) in [5.74, 6) is -1.15. The number of benzene rings is 1. The second-order valence-electron chi connectivity index (χ2n) is 2.81. The van der Waals surface area contributed by atoms with Crippen LogP contribution in [-0.2, 0) is 0 Å². The van der Waals surface area contributed by atoms with Crippen LogP contribution in [-0.4, -0.2) is 19.0 Å². The fourth-order valence-corrected chi connectivity index (χ4v) is 1.25. The molecule has 0 atom stereocenters. The number of carbonyl (C=O) groups excluding carboxylic acids is 1. The molecule has 0 heterocycles. The zero-order valence-corrected chi connectivity index (χ0v) is 8.91. The summed E-state index contributed by atoms with van der Waals surface area (Å²) < 4.78 is 13.0. The van der Waals surface area contributed by atoms with Gasteiger partial charge >= 0.3 is 0 Å². The lowest BCUT2D eigenvalue weighted by Gasteiger charge is -2.05. The second-order valence-corrected chi connectivity index (χ2v) is 3.19. The minimum Gasteiger partial charge on any atom is -0.352 e. The van der Waals surface area contributed by atoms with Crippen LogP contribution in [0.15, 0.2) is 23.3 Å². The van der Waals surface area contributed by atoms with E-state index in [4.69, 9.17) is 17.1 Å². The zero-order chi connectivity index (χ0) is 12.0. The largest absolute Gasteiger partial charge is 0.352 e. The van der Waals surface area contributed by atoms with E-state index in [9.17, 15) is 9.18 Å². The van der Waals surface area contributed by atoms with Gasteiger partial charge in [0.2, 0.25) is 0 Å². The highest BCUT2D eigenvalue weighted by atomic mass is 35.5. The number of hydrogen-bond donors (Lipinski definition) is 1. The molecular formula is C9H8ClFN4O. The summed E-state index contributed by atoms with van der Waals surface area (Å²) in [6.07, 6.45) is 0. The van der Waals surface area contributed by atoms with Gasteiger partial charge in [0.05, 0.1) is 10.6 Å². The maximum atomic E-state index is 13.0. The van der Waals surface area contributed by atoms with Crippen LogP contribution >= 0.6 is 11.6 Å². The fourth-order valence-electron chi connectivity index (χ4n) is 1.04. The smallest absolute Gasteiger partial charge is 0.252 e. The van der Waals surface area contributed by atoms with E-state index in [1.165, 1.54) is 18.2 Å². The first-order valence-corrected chi connectivity index (χ1v) is 4.77. The highest BCUT2D eigenvalue weighted by Crippen LogP contribution is 2.19. The third kappa shape index (κ3) is 3.12. The topological polar surface area (TPSA) is 77.9 Å². The van der Waals surface area contributed by atoms with Crippen LogP contribution in [0.25, 0.3) is 10.4 Å². The van der Waals surface area contributed by atoms with Gasteiger partial charge in [-0.1, -0.05) is 22.8 Å². The number of amides is 1. The molecule has 0 spiro atoms. The molecule has 84 valence electrons. The van der Waals surface area contributed by atoms with Gasteiger partial charge in [-0.3, -0.25) is 4.79 Å². The normalized spacial score (nSPS) is 9.38. The van der Waals surface area contributed by atoms with Gasteiger partial charge in [0.25, 0.3) is 5.91 Å².